The summed E-state index contributed by atoms with van der Waals surface area (Å²) in [6.45, 7) is 5.40. The largest absolute Gasteiger partial charge is 0.311 e. The van der Waals surface area contributed by atoms with E-state index < -0.39 is 11.6 Å². The molecule has 20 heavy (non-hydrogen) atoms. The van der Waals surface area contributed by atoms with Crippen molar-refractivity contribution in [3.63, 3.8) is 0 Å². The minimum Gasteiger partial charge on any atom is -0.311 e. The predicted molar refractivity (Wildman–Crippen MR) is 73.3 cm³/mol. The van der Waals surface area contributed by atoms with Crippen molar-refractivity contribution in [2.45, 2.75) is 26.8 Å². The number of aryl methyl sites for hydroxylation is 1. The fraction of sp³-hybridized carbons (Fsp3) is 0.333. The van der Waals surface area contributed by atoms with Crippen molar-refractivity contribution in [1.29, 1.82) is 0 Å². The first kappa shape index (κ1) is 14.5. The van der Waals surface area contributed by atoms with Crippen LogP contribution in [0.2, 0.25) is 0 Å². The summed E-state index contributed by atoms with van der Waals surface area (Å²) >= 11 is 0. The van der Waals surface area contributed by atoms with Crippen LogP contribution in [0.5, 0.6) is 0 Å². The fourth-order valence-corrected chi connectivity index (χ4v) is 1.96. The molecule has 1 aromatic carbocycles. The minimum absolute atomic E-state index is 0.257. The highest BCUT2D eigenvalue weighted by molar-refractivity contribution is 5.23. The Balaban J connectivity index is 2.21. The SMILES string of the molecule is CCNCc1cc(C)nc(Cc2ccc(F)cc2F)n1. The van der Waals surface area contributed by atoms with Crippen LogP contribution in [0.25, 0.3) is 0 Å². The molecular weight excluding hydrogens is 260 g/mol. The van der Waals surface area contributed by atoms with E-state index in [1.54, 1.807) is 0 Å². The molecule has 0 amide bonds. The van der Waals surface area contributed by atoms with Crippen molar-refractivity contribution in [3.05, 3.63) is 58.7 Å². The van der Waals surface area contributed by atoms with Gasteiger partial charge in [0.05, 0.1) is 5.69 Å². The highest BCUT2D eigenvalue weighted by Crippen LogP contribution is 2.13. The first-order valence-corrected chi connectivity index (χ1v) is 6.56. The van der Waals surface area contributed by atoms with E-state index >= 15 is 0 Å². The van der Waals surface area contributed by atoms with Crippen molar-refractivity contribution in [2.75, 3.05) is 6.54 Å². The first-order valence-electron chi connectivity index (χ1n) is 6.56. The van der Waals surface area contributed by atoms with E-state index in [9.17, 15) is 8.78 Å². The number of benzene rings is 1. The number of aromatic nitrogens is 2. The lowest BCUT2D eigenvalue weighted by Gasteiger charge is -2.07. The highest BCUT2D eigenvalue weighted by Gasteiger charge is 2.08. The molecule has 3 nitrogen and oxygen atoms in total. The van der Waals surface area contributed by atoms with Crippen molar-refractivity contribution in [2.24, 2.45) is 0 Å². The lowest BCUT2D eigenvalue weighted by atomic mass is 10.1. The smallest absolute Gasteiger partial charge is 0.133 e. The molecule has 0 unspecified atom stereocenters. The Labute approximate surface area is 117 Å². The van der Waals surface area contributed by atoms with Gasteiger partial charge in [-0.1, -0.05) is 13.0 Å². The number of nitrogens with one attached hydrogen (secondary N) is 1. The molecule has 0 aliphatic heterocycles. The van der Waals surface area contributed by atoms with Crippen LogP contribution >= 0.6 is 0 Å². The molecular formula is C15H17F2N3. The molecule has 0 saturated carbocycles. The molecule has 2 rings (SSSR count). The third-order valence-corrected chi connectivity index (χ3v) is 2.87. The van der Waals surface area contributed by atoms with Gasteiger partial charge in [0, 0.05) is 24.7 Å². The normalized spacial score (nSPS) is 10.8. The Morgan fingerprint density at radius 1 is 1.15 bits per heavy atom. The van der Waals surface area contributed by atoms with E-state index in [0.29, 0.717) is 17.9 Å². The van der Waals surface area contributed by atoms with Gasteiger partial charge in [0.25, 0.3) is 0 Å². The number of halogens is 2. The molecule has 0 saturated heterocycles. The molecule has 106 valence electrons. The quantitative estimate of drug-likeness (QED) is 0.913. The summed E-state index contributed by atoms with van der Waals surface area (Å²) in [6.07, 6.45) is 0.257. The Hall–Kier alpha value is -1.88. The molecule has 0 bridgehead atoms. The van der Waals surface area contributed by atoms with Crippen LogP contribution in [0.15, 0.2) is 24.3 Å². The van der Waals surface area contributed by atoms with Gasteiger partial charge in [-0.3, -0.25) is 0 Å². The summed E-state index contributed by atoms with van der Waals surface area (Å²) in [4.78, 5) is 8.70. The van der Waals surface area contributed by atoms with Crippen molar-refractivity contribution in [3.8, 4) is 0 Å². The number of hydrogen-bond donors (Lipinski definition) is 1. The predicted octanol–water partition coefficient (Wildman–Crippen LogP) is 2.76. The molecule has 0 aliphatic rings. The first-order chi connectivity index (χ1) is 9.58. The summed E-state index contributed by atoms with van der Waals surface area (Å²) in [5, 5.41) is 3.19. The molecule has 1 heterocycles. The van der Waals surface area contributed by atoms with Gasteiger partial charge in [-0.25, -0.2) is 18.7 Å². The van der Waals surface area contributed by atoms with Gasteiger partial charge in [-0.05, 0) is 31.2 Å². The van der Waals surface area contributed by atoms with E-state index in [2.05, 4.69) is 15.3 Å². The monoisotopic (exact) mass is 277 g/mol. The van der Waals surface area contributed by atoms with Gasteiger partial charge >= 0.3 is 0 Å². The number of hydrogen-bond acceptors (Lipinski definition) is 3. The van der Waals surface area contributed by atoms with Crippen LogP contribution in [0.4, 0.5) is 8.78 Å². The summed E-state index contributed by atoms with van der Waals surface area (Å²) in [6, 6.07) is 5.45. The Morgan fingerprint density at radius 2 is 1.95 bits per heavy atom. The highest BCUT2D eigenvalue weighted by atomic mass is 19.1. The van der Waals surface area contributed by atoms with E-state index in [4.69, 9.17) is 0 Å². The van der Waals surface area contributed by atoms with E-state index in [1.165, 1.54) is 12.1 Å². The van der Waals surface area contributed by atoms with Crippen LogP contribution < -0.4 is 5.32 Å². The van der Waals surface area contributed by atoms with Gasteiger partial charge in [0.2, 0.25) is 0 Å². The molecule has 0 spiro atoms. The summed E-state index contributed by atoms with van der Waals surface area (Å²) in [5.41, 5.74) is 2.11. The number of rotatable bonds is 5. The molecule has 1 N–H and O–H groups in total. The zero-order valence-electron chi connectivity index (χ0n) is 11.6. The van der Waals surface area contributed by atoms with Gasteiger partial charge < -0.3 is 5.32 Å². The zero-order valence-corrected chi connectivity index (χ0v) is 11.6. The van der Waals surface area contributed by atoms with Gasteiger partial charge in [0.15, 0.2) is 0 Å². The maximum absolute atomic E-state index is 13.6. The second kappa shape index (κ2) is 6.52. The van der Waals surface area contributed by atoms with Crippen molar-refractivity contribution < 1.29 is 8.78 Å². The van der Waals surface area contributed by atoms with E-state index in [-0.39, 0.29) is 6.42 Å². The Morgan fingerprint density at radius 3 is 2.65 bits per heavy atom. The lowest BCUT2D eigenvalue weighted by Crippen LogP contribution is -2.14. The molecule has 0 fully saturated rings. The van der Waals surface area contributed by atoms with Crippen LogP contribution in [0.3, 0.4) is 0 Å². The molecule has 2 aromatic rings. The maximum Gasteiger partial charge on any atom is 0.133 e. The second-order valence-corrected chi connectivity index (χ2v) is 4.61. The van der Waals surface area contributed by atoms with Crippen molar-refractivity contribution in [1.82, 2.24) is 15.3 Å². The zero-order chi connectivity index (χ0) is 14.5. The van der Waals surface area contributed by atoms with Gasteiger partial charge in [-0.15, -0.1) is 0 Å². The standard InChI is InChI=1S/C15H17F2N3/c1-3-18-9-13-6-10(2)19-15(20-13)7-11-4-5-12(16)8-14(11)17/h4-6,8,18H,3,7,9H2,1-2H3. The summed E-state index contributed by atoms with van der Waals surface area (Å²) in [5.74, 6) is -0.601. The molecule has 0 radical (unpaired) electrons. The van der Waals surface area contributed by atoms with Crippen LogP contribution in [0.1, 0.15) is 29.7 Å². The fourth-order valence-electron chi connectivity index (χ4n) is 1.96. The summed E-state index contributed by atoms with van der Waals surface area (Å²) in [7, 11) is 0. The van der Waals surface area contributed by atoms with Gasteiger partial charge in [-0.2, -0.15) is 0 Å². The Bertz CT molecular complexity index is 600. The lowest BCUT2D eigenvalue weighted by molar-refractivity contribution is 0.573. The maximum atomic E-state index is 13.6. The molecule has 5 heteroatoms. The second-order valence-electron chi connectivity index (χ2n) is 4.61. The van der Waals surface area contributed by atoms with Crippen LogP contribution in [-0.4, -0.2) is 16.5 Å². The third kappa shape index (κ3) is 3.81. The third-order valence-electron chi connectivity index (χ3n) is 2.87. The molecule has 0 aliphatic carbocycles. The average Bonchev–Trinajstić information content (AvgIpc) is 2.39. The number of nitrogens with zero attached hydrogens (tertiary/aromatic N) is 2. The van der Waals surface area contributed by atoms with E-state index in [1.807, 2.05) is 19.9 Å². The summed E-state index contributed by atoms with van der Waals surface area (Å²) < 4.78 is 26.5. The van der Waals surface area contributed by atoms with Gasteiger partial charge in [0.1, 0.15) is 17.5 Å². The van der Waals surface area contributed by atoms with Crippen LogP contribution in [0, 0.1) is 18.6 Å². The van der Waals surface area contributed by atoms with E-state index in [0.717, 1.165) is 24.0 Å². The minimum atomic E-state index is -0.579. The Kier molecular flexibility index (Phi) is 4.74. The molecule has 1 aromatic heterocycles. The van der Waals surface area contributed by atoms with Crippen molar-refractivity contribution >= 4 is 0 Å². The average molecular weight is 277 g/mol. The topological polar surface area (TPSA) is 37.8 Å². The van der Waals surface area contributed by atoms with Crippen LogP contribution in [-0.2, 0) is 13.0 Å². The molecule has 0 atom stereocenters.